The van der Waals surface area contributed by atoms with Gasteiger partial charge < -0.3 is 9.84 Å². The third-order valence-corrected chi connectivity index (χ3v) is 3.38. The van der Waals surface area contributed by atoms with Crippen LogP contribution in [-0.4, -0.2) is 17.7 Å². The second-order valence-corrected chi connectivity index (χ2v) is 5.08. The van der Waals surface area contributed by atoms with E-state index in [4.69, 9.17) is 21.4 Å². The first-order chi connectivity index (χ1) is 10.7. The van der Waals surface area contributed by atoms with E-state index in [9.17, 15) is 18.0 Å². The van der Waals surface area contributed by atoms with Gasteiger partial charge in [0.1, 0.15) is 5.75 Å². The Bertz CT molecular complexity index is 742. The van der Waals surface area contributed by atoms with E-state index in [0.717, 1.165) is 12.1 Å². The van der Waals surface area contributed by atoms with Gasteiger partial charge >= 0.3 is 12.1 Å². The number of aromatic carboxylic acids is 1. The molecular formula is C16H12ClF3O3. The Morgan fingerprint density at radius 2 is 1.91 bits per heavy atom. The molecule has 2 aromatic rings. The Labute approximate surface area is 135 Å². The molecule has 0 atom stereocenters. The van der Waals surface area contributed by atoms with Crippen molar-refractivity contribution < 1.29 is 27.8 Å². The molecule has 0 unspecified atom stereocenters. The van der Waals surface area contributed by atoms with E-state index in [-0.39, 0.29) is 10.6 Å². The summed E-state index contributed by atoms with van der Waals surface area (Å²) in [6, 6.07) is 7.14. The molecule has 0 bridgehead atoms. The fourth-order valence-corrected chi connectivity index (χ4v) is 2.34. The summed E-state index contributed by atoms with van der Waals surface area (Å²) in [5.74, 6) is -0.967. The fraction of sp³-hybridized carbons (Fsp3) is 0.188. The number of carboxylic acid groups (broad SMARTS) is 1. The third-order valence-electron chi connectivity index (χ3n) is 3.07. The molecule has 0 aliphatic rings. The first-order valence-electron chi connectivity index (χ1n) is 6.60. The van der Waals surface area contributed by atoms with Crippen molar-refractivity contribution in [1.29, 1.82) is 0 Å². The summed E-state index contributed by atoms with van der Waals surface area (Å²) in [4.78, 5) is 11.1. The summed E-state index contributed by atoms with van der Waals surface area (Å²) in [5.41, 5.74) is -1.13. The monoisotopic (exact) mass is 344 g/mol. The number of rotatable bonds is 4. The molecule has 1 N–H and O–H groups in total. The zero-order chi connectivity index (χ0) is 17.2. The Balaban J connectivity index is 2.58. The van der Waals surface area contributed by atoms with Gasteiger partial charge in [-0.2, -0.15) is 13.2 Å². The number of hydrogen-bond acceptors (Lipinski definition) is 2. The van der Waals surface area contributed by atoms with E-state index in [1.54, 1.807) is 13.0 Å². The predicted octanol–water partition coefficient (Wildman–Crippen LogP) is 5.12. The molecule has 0 aliphatic heterocycles. The van der Waals surface area contributed by atoms with Gasteiger partial charge in [0.25, 0.3) is 0 Å². The summed E-state index contributed by atoms with van der Waals surface area (Å²) in [6.07, 6.45) is -4.65. The van der Waals surface area contributed by atoms with Crippen LogP contribution in [0.3, 0.4) is 0 Å². The Hall–Kier alpha value is -2.21. The highest BCUT2D eigenvalue weighted by Crippen LogP contribution is 2.36. The molecule has 3 nitrogen and oxygen atoms in total. The molecule has 2 aromatic carbocycles. The van der Waals surface area contributed by atoms with E-state index in [0.29, 0.717) is 24.0 Å². The summed E-state index contributed by atoms with van der Waals surface area (Å²) < 4.78 is 44.1. The lowest BCUT2D eigenvalue weighted by Gasteiger charge is -2.12. The molecule has 0 aromatic heterocycles. The minimum absolute atomic E-state index is 0.0743. The molecule has 122 valence electrons. The number of halogens is 4. The second-order valence-electron chi connectivity index (χ2n) is 4.68. The molecule has 0 saturated carbocycles. The van der Waals surface area contributed by atoms with Crippen LogP contribution in [0.4, 0.5) is 13.2 Å². The normalized spacial score (nSPS) is 11.3. The molecule has 0 amide bonds. The summed E-state index contributed by atoms with van der Waals surface area (Å²) in [7, 11) is 0. The molecule has 23 heavy (non-hydrogen) atoms. The van der Waals surface area contributed by atoms with Crippen molar-refractivity contribution in [2.24, 2.45) is 0 Å². The molecule has 7 heteroatoms. The highest BCUT2D eigenvalue weighted by molar-refractivity contribution is 6.33. The van der Waals surface area contributed by atoms with E-state index in [1.807, 2.05) is 0 Å². The van der Waals surface area contributed by atoms with E-state index >= 15 is 0 Å². The minimum atomic E-state index is -4.65. The third kappa shape index (κ3) is 3.96. The number of alkyl halides is 3. The van der Waals surface area contributed by atoms with E-state index < -0.39 is 23.3 Å². The number of carboxylic acids is 1. The lowest BCUT2D eigenvalue weighted by atomic mass is 9.99. The first kappa shape index (κ1) is 17.1. The van der Waals surface area contributed by atoms with Gasteiger partial charge in [-0.3, -0.25) is 0 Å². The lowest BCUT2D eigenvalue weighted by molar-refractivity contribution is -0.137. The van der Waals surface area contributed by atoms with Crippen LogP contribution in [0.25, 0.3) is 11.1 Å². The van der Waals surface area contributed by atoms with Crippen molar-refractivity contribution in [2.45, 2.75) is 13.1 Å². The van der Waals surface area contributed by atoms with Crippen LogP contribution < -0.4 is 4.74 Å². The van der Waals surface area contributed by atoms with E-state index in [1.165, 1.54) is 12.1 Å². The van der Waals surface area contributed by atoms with Gasteiger partial charge in [0.05, 0.1) is 22.8 Å². The van der Waals surface area contributed by atoms with Crippen LogP contribution in [0.15, 0.2) is 36.4 Å². The quantitative estimate of drug-likeness (QED) is 0.837. The lowest BCUT2D eigenvalue weighted by Crippen LogP contribution is -2.08. The molecular weight excluding hydrogens is 333 g/mol. The SMILES string of the molecule is CCOc1ccc(-c2cc(C(=O)O)cc(C(F)(F)F)c2)c(Cl)c1. The molecule has 0 radical (unpaired) electrons. The van der Waals surface area contributed by atoms with Crippen molar-refractivity contribution in [3.8, 4) is 16.9 Å². The van der Waals surface area contributed by atoms with Gasteiger partial charge in [0, 0.05) is 5.56 Å². The standard InChI is InChI=1S/C16H12ClF3O3/c1-2-23-12-3-4-13(14(17)8-12)9-5-10(15(21)22)7-11(6-9)16(18,19)20/h3-8H,2H2,1H3,(H,21,22). The molecule has 0 fully saturated rings. The van der Waals surface area contributed by atoms with Gasteiger partial charge in [0.2, 0.25) is 0 Å². The molecule has 0 aliphatic carbocycles. The molecule has 0 heterocycles. The maximum Gasteiger partial charge on any atom is 0.416 e. The van der Waals surface area contributed by atoms with Gasteiger partial charge in [0.15, 0.2) is 0 Å². The Kier molecular flexibility index (Phi) is 4.85. The van der Waals surface area contributed by atoms with Crippen molar-refractivity contribution in [2.75, 3.05) is 6.61 Å². The number of hydrogen-bond donors (Lipinski definition) is 1. The van der Waals surface area contributed by atoms with Gasteiger partial charge in [-0.25, -0.2) is 4.79 Å². The van der Waals surface area contributed by atoms with Crippen LogP contribution in [0, 0.1) is 0 Å². The average Bonchev–Trinajstić information content (AvgIpc) is 2.46. The summed E-state index contributed by atoms with van der Waals surface area (Å²) in [5, 5.41) is 9.18. The molecule has 0 spiro atoms. The fourth-order valence-electron chi connectivity index (χ4n) is 2.06. The minimum Gasteiger partial charge on any atom is -0.494 e. The van der Waals surface area contributed by atoms with Crippen molar-refractivity contribution >= 4 is 17.6 Å². The van der Waals surface area contributed by atoms with Crippen LogP contribution in [0.5, 0.6) is 5.75 Å². The summed E-state index contributed by atoms with van der Waals surface area (Å²) in [6.45, 7) is 2.20. The van der Waals surface area contributed by atoms with Crippen LogP contribution >= 0.6 is 11.6 Å². The highest BCUT2D eigenvalue weighted by atomic mass is 35.5. The van der Waals surface area contributed by atoms with Crippen LogP contribution in [0.1, 0.15) is 22.8 Å². The topological polar surface area (TPSA) is 46.5 Å². The van der Waals surface area contributed by atoms with Crippen molar-refractivity contribution in [3.63, 3.8) is 0 Å². The maximum absolute atomic E-state index is 12.9. The van der Waals surface area contributed by atoms with E-state index in [2.05, 4.69) is 0 Å². The summed E-state index contributed by atoms with van der Waals surface area (Å²) >= 11 is 6.09. The molecule has 0 saturated heterocycles. The van der Waals surface area contributed by atoms with Gasteiger partial charge in [-0.05, 0) is 48.9 Å². The zero-order valence-corrected chi connectivity index (χ0v) is 12.7. The Morgan fingerprint density at radius 3 is 2.43 bits per heavy atom. The van der Waals surface area contributed by atoms with Crippen LogP contribution in [-0.2, 0) is 6.18 Å². The van der Waals surface area contributed by atoms with Crippen molar-refractivity contribution in [1.82, 2.24) is 0 Å². The number of ether oxygens (including phenoxy) is 1. The first-order valence-corrected chi connectivity index (χ1v) is 6.98. The number of benzene rings is 2. The zero-order valence-electron chi connectivity index (χ0n) is 11.9. The van der Waals surface area contributed by atoms with Gasteiger partial charge in [-0.15, -0.1) is 0 Å². The Morgan fingerprint density at radius 1 is 1.22 bits per heavy atom. The van der Waals surface area contributed by atoms with Crippen molar-refractivity contribution in [3.05, 3.63) is 52.5 Å². The predicted molar refractivity (Wildman–Crippen MR) is 80.0 cm³/mol. The number of carbonyl (C=O) groups is 1. The highest BCUT2D eigenvalue weighted by Gasteiger charge is 2.32. The smallest absolute Gasteiger partial charge is 0.416 e. The second kappa shape index (κ2) is 6.50. The maximum atomic E-state index is 12.9. The van der Waals surface area contributed by atoms with Gasteiger partial charge in [-0.1, -0.05) is 11.6 Å². The van der Waals surface area contributed by atoms with Crippen LogP contribution in [0.2, 0.25) is 5.02 Å². The largest absolute Gasteiger partial charge is 0.494 e. The average molecular weight is 345 g/mol. The molecule has 2 rings (SSSR count).